The summed E-state index contributed by atoms with van der Waals surface area (Å²) in [5, 5.41) is 17.4. The molecular formula is C19H23N3O3. The number of benzene rings is 1. The van der Waals surface area contributed by atoms with Crippen LogP contribution in [0, 0.1) is 5.92 Å². The number of nitrogens with zero attached hydrogens (tertiary/aromatic N) is 2. The van der Waals surface area contributed by atoms with Crippen LogP contribution in [0.5, 0.6) is 0 Å². The predicted octanol–water partition coefficient (Wildman–Crippen LogP) is 2.08. The fraction of sp³-hybridized carbons (Fsp3) is 0.474. The maximum Gasteiger partial charge on any atom is 0.272 e. The van der Waals surface area contributed by atoms with Crippen molar-refractivity contribution >= 4 is 5.91 Å². The van der Waals surface area contributed by atoms with Crippen LogP contribution in [0.2, 0.25) is 0 Å². The lowest BCUT2D eigenvalue weighted by atomic mass is 9.94. The van der Waals surface area contributed by atoms with E-state index in [1.54, 1.807) is 6.07 Å². The lowest BCUT2D eigenvalue weighted by Crippen LogP contribution is -2.53. The third-order valence-electron chi connectivity index (χ3n) is 5.33. The first kappa shape index (κ1) is 16.3. The molecule has 0 radical (unpaired) electrons. The Morgan fingerprint density at radius 3 is 2.88 bits per heavy atom. The molecule has 6 nitrogen and oxygen atoms in total. The van der Waals surface area contributed by atoms with Crippen LogP contribution in [0.4, 0.5) is 0 Å². The minimum absolute atomic E-state index is 0.0674. The third-order valence-corrected chi connectivity index (χ3v) is 5.33. The standard InChI is InChI=1S/C19H23N3O3/c23-18-8-4-7-14(18)17-12-25-10-9-22(17)19(24)16-11-15(20-21-16)13-5-2-1-3-6-13/h1-3,5-6,11,14,17-18,23H,4,7-10,12H2,(H,20,21)/t14-,17+,18-/m0/s1. The molecule has 0 spiro atoms. The Morgan fingerprint density at radius 1 is 1.28 bits per heavy atom. The van der Waals surface area contributed by atoms with Crippen LogP contribution in [0.15, 0.2) is 36.4 Å². The van der Waals surface area contributed by atoms with E-state index < -0.39 is 0 Å². The summed E-state index contributed by atoms with van der Waals surface area (Å²) in [7, 11) is 0. The fourth-order valence-electron chi connectivity index (χ4n) is 3.99. The van der Waals surface area contributed by atoms with Crippen molar-refractivity contribution in [2.45, 2.75) is 31.4 Å². The quantitative estimate of drug-likeness (QED) is 0.896. The highest BCUT2D eigenvalue weighted by atomic mass is 16.5. The summed E-state index contributed by atoms with van der Waals surface area (Å²) in [6.45, 7) is 1.57. The number of morpholine rings is 1. The molecule has 1 aromatic heterocycles. The lowest BCUT2D eigenvalue weighted by Gasteiger charge is -2.39. The van der Waals surface area contributed by atoms with E-state index in [0.717, 1.165) is 30.5 Å². The molecule has 2 heterocycles. The van der Waals surface area contributed by atoms with Crippen molar-refractivity contribution in [2.24, 2.45) is 5.92 Å². The molecule has 2 N–H and O–H groups in total. The second-order valence-corrected chi connectivity index (χ2v) is 6.84. The van der Waals surface area contributed by atoms with Crippen LogP contribution in [0.3, 0.4) is 0 Å². The zero-order valence-corrected chi connectivity index (χ0v) is 14.1. The van der Waals surface area contributed by atoms with Gasteiger partial charge in [0.25, 0.3) is 5.91 Å². The summed E-state index contributed by atoms with van der Waals surface area (Å²) in [6.07, 6.45) is 2.42. The first-order valence-corrected chi connectivity index (χ1v) is 8.91. The number of carbonyl (C=O) groups excluding carboxylic acids is 1. The number of hydrogen-bond acceptors (Lipinski definition) is 4. The van der Waals surface area contributed by atoms with Crippen LogP contribution in [0.25, 0.3) is 11.3 Å². The van der Waals surface area contributed by atoms with Gasteiger partial charge in [-0.3, -0.25) is 9.89 Å². The molecule has 0 bridgehead atoms. The van der Waals surface area contributed by atoms with Gasteiger partial charge in [0.1, 0.15) is 5.69 Å². The maximum atomic E-state index is 13.0. The van der Waals surface area contributed by atoms with Crippen molar-refractivity contribution in [3.05, 3.63) is 42.1 Å². The van der Waals surface area contributed by atoms with Crippen molar-refractivity contribution in [2.75, 3.05) is 19.8 Å². The molecule has 1 aliphatic carbocycles. The average molecular weight is 341 g/mol. The molecule has 3 atom stereocenters. The van der Waals surface area contributed by atoms with E-state index in [9.17, 15) is 9.90 Å². The number of aliphatic hydroxyl groups excluding tert-OH is 1. The number of amides is 1. The largest absolute Gasteiger partial charge is 0.393 e. The van der Waals surface area contributed by atoms with Crippen LogP contribution in [-0.2, 0) is 4.74 Å². The minimum atomic E-state index is -0.344. The monoisotopic (exact) mass is 341 g/mol. The van der Waals surface area contributed by atoms with Crippen LogP contribution < -0.4 is 0 Å². The van der Waals surface area contributed by atoms with Crippen molar-refractivity contribution < 1.29 is 14.6 Å². The Balaban J connectivity index is 1.55. The van der Waals surface area contributed by atoms with Gasteiger partial charge in [0.2, 0.25) is 0 Å². The smallest absolute Gasteiger partial charge is 0.272 e. The molecule has 6 heteroatoms. The first-order chi connectivity index (χ1) is 12.2. The lowest BCUT2D eigenvalue weighted by molar-refractivity contribution is -0.0385. The molecule has 2 fully saturated rings. The Labute approximate surface area is 146 Å². The molecule has 0 unspecified atom stereocenters. The Morgan fingerprint density at radius 2 is 2.12 bits per heavy atom. The van der Waals surface area contributed by atoms with E-state index in [1.807, 2.05) is 35.2 Å². The van der Waals surface area contributed by atoms with E-state index >= 15 is 0 Å². The van der Waals surface area contributed by atoms with Gasteiger partial charge in [-0.25, -0.2) is 0 Å². The normalized spacial score (nSPS) is 26.8. The van der Waals surface area contributed by atoms with Gasteiger partial charge in [-0.2, -0.15) is 5.10 Å². The van der Waals surface area contributed by atoms with Crippen LogP contribution in [0.1, 0.15) is 29.8 Å². The topological polar surface area (TPSA) is 78.5 Å². The van der Waals surface area contributed by atoms with Crippen LogP contribution in [-0.4, -0.2) is 58.0 Å². The van der Waals surface area contributed by atoms with E-state index in [0.29, 0.717) is 25.5 Å². The highest BCUT2D eigenvalue weighted by molar-refractivity contribution is 5.93. The summed E-state index contributed by atoms with van der Waals surface area (Å²) < 4.78 is 5.60. The van der Waals surface area contributed by atoms with Gasteiger partial charge < -0.3 is 14.7 Å². The highest BCUT2D eigenvalue weighted by Crippen LogP contribution is 2.33. The van der Waals surface area contributed by atoms with Crippen molar-refractivity contribution in [1.82, 2.24) is 15.1 Å². The van der Waals surface area contributed by atoms with Crippen molar-refractivity contribution in [3.63, 3.8) is 0 Å². The molecule has 2 aromatic rings. The maximum absolute atomic E-state index is 13.0. The number of ether oxygens (including phenoxy) is 1. The molecule has 1 aromatic carbocycles. The second kappa shape index (κ2) is 6.98. The number of hydrogen-bond donors (Lipinski definition) is 2. The molecule has 1 saturated heterocycles. The van der Waals surface area contributed by atoms with Crippen LogP contribution >= 0.6 is 0 Å². The molecule has 132 valence electrons. The molecule has 2 aliphatic rings. The van der Waals surface area contributed by atoms with Gasteiger partial charge in [0, 0.05) is 18.0 Å². The van der Waals surface area contributed by atoms with Gasteiger partial charge in [0.15, 0.2) is 0 Å². The average Bonchev–Trinajstić information content (AvgIpc) is 3.31. The van der Waals surface area contributed by atoms with E-state index in [-0.39, 0.29) is 24.0 Å². The van der Waals surface area contributed by atoms with Gasteiger partial charge in [0.05, 0.1) is 31.1 Å². The van der Waals surface area contributed by atoms with Gasteiger partial charge in [-0.15, -0.1) is 0 Å². The number of H-pyrrole nitrogens is 1. The van der Waals surface area contributed by atoms with Crippen molar-refractivity contribution in [3.8, 4) is 11.3 Å². The zero-order chi connectivity index (χ0) is 17.2. The summed E-state index contributed by atoms with van der Waals surface area (Å²) in [6, 6.07) is 11.5. The van der Waals surface area contributed by atoms with Gasteiger partial charge in [-0.05, 0) is 18.9 Å². The second-order valence-electron chi connectivity index (χ2n) is 6.84. The summed E-state index contributed by atoms with van der Waals surface area (Å²) in [5.74, 6) is 0.0304. The fourth-order valence-corrected chi connectivity index (χ4v) is 3.99. The van der Waals surface area contributed by atoms with Gasteiger partial charge >= 0.3 is 0 Å². The number of carbonyl (C=O) groups is 1. The molecule has 25 heavy (non-hydrogen) atoms. The highest BCUT2D eigenvalue weighted by Gasteiger charge is 2.40. The number of rotatable bonds is 3. The summed E-state index contributed by atoms with van der Waals surface area (Å²) >= 11 is 0. The third kappa shape index (κ3) is 3.19. The molecule has 1 aliphatic heterocycles. The Kier molecular flexibility index (Phi) is 4.55. The van der Waals surface area contributed by atoms with E-state index in [4.69, 9.17) is 4.74 Å². The SMILES string of the molecule is O=C(c1cc(-c2ccccc2)n[nH]1)N1CCOC[C@@H]1[C@@H]1CCC[C@@H]1O. The Bertz CT molecular complexity index is 731. The predicted molar refractivity (Wildman–Crippen MR) is 93.0 cm³/mol. The Hall–Kier alpha value is -2.18. The molecule has 4 rings (SSSR count). The number of aromatic nitrogens is 2. The van der Waals surface area contributed by atoms with Crippen molar-refractivity contribution in [1.29, 1.82) is 0 Å². The first-order valence-electron chi connectivity index (χ1n) is 8.91. The molecule has 1 saturated carbocycles. The summed E-state index contributed by atoms with van der Waals surface area (Å²) in [4.78, 5) is 14.9. The number of aromatic amines is 1. The number of aliphatic hydroxyl groups is 1. The molecule has 1 amide bonds. The van der Waals surface area contributed by atoms with E-state index in [2.05, 4.69) is 10.2 Å². The van der Waals surface area contributed by atoms with E-state index in [1.165, 1.54) is 0 Å². The summed E-state index contributed by atoms with van der Waals surface area (Å²) in [5.41, 5.74) is 2.22. The number of nitrogens with one attached hydrogen (secondary N) is 1. The minimum Gasteiger partial charge on any atom is -0.393 e. The van der Waals surface area contributed by atoms with Gasteiger partial charge in [-0.1, -0.05) is 36.8 Å². The zero-order valence-electron chi connectivity index (χ0n) is 14.1. The molecular weight excluding hydrogens is 318 g/mol.